The van der Waals surface area contributed by atoms with Crippen LogP contribution in [0.2, 0.25) is 0 Å². The molecule has 0 bridgehead atoms. The molecule has 0 aliphatic carbocycles. The Morgan fingerprint density at radius 2 is 1.60 bits per heavy atom. The second kappa shape index (κ2) is 6.75. The summed E-state index contributed by atoms with van der Waals surface area (Å²) in [5.74, 6) is -1.30. The smallest absolute Gasteiger partial charge is 0.337 e. The first-order chi connectivity index (χ1) is 11.4. The second-order valence-corrected chi connectivity index (χ2v) is 9.23. The molecule has 0 radical (unpaired) electrons. The van der Waals surface area contributed by atoms with Crippen LogP contribution in [0, 0.1) is 6.92 Å². The lowest BCUT2D eigenvalue weighted by Crippen LogP contribution is -2.17. The molecule has 0 aliphatic heterocycles. The molecule has 0 saturated carbocycles. The van der Waals surface area contributed by atoms with Crippen molar-refractivity contribution in [2.75, 3.05) is 4.72 Å². The van der Waals surface area contributed by atoms with Gasteiger partial charge in [-0.3, -0.25) is 4.72 Å². The van der Waals surface area contributed by atoms with E-state index >= 15 is 0 Å². The van der Waals surface area contributed by atoms with Crippen LogP contribution in [0.1, 0.15) is 15.9 Å². The normalized spacial score (nSPS) is 12.0. The van der Waals surface area contributed by atoms with Gasteiger partial charge in [0.1, 0.15) is 0 Å². The van der Waals surface area contributed by atoms with Crippen molar-refractivity contribution < 1.29 is 26.7 Å². The number of nitrogens with one attached hydrogen (secondary N) is 1. The number of nitrogens with two attached hydrogens (primary N) is 1. The number of aryl methyl sites for hydroxylation is 1. The van der Waals surface area contributed by atoms with E-state index in [1.54, 1.807) is 13.0 Å². The van der Waals surface area contributed by atoms with Gasteiger partial charge >= 0.3 is 5.97 Å². The zero-order valence-corrected chi connectivity index (χ0v) is 15.9. The van der Waals surface area contributed by atoms with Gasteiger partial charge < -0.3 is 5.11 Å². The lowest BCUT2D eigenvalue weighted by Gasteiger charge is -2.14. The van der Waals surface area contributed by atoms with Gasteiger partial charge in [0.25, 0.3) is 10.0 Å². The average Bonchev–Trinajstić information content (AvgIpc) is 2.48. The lowest BCUT2D eigenvalue weighted by atomic mass is 10.1. The fourth-order valence-corrected chi connectivity index (χ4v) is 4.29. The standard InChI is InChI=1S/C14H13BrN2O6S2/c1-8-6-9(15)7-12(14(18)19)13(8)17-25(22,23)11-4-2-10(3-5-11)24(16,20)21/h2-7,17H,1H3,(H,18,19)(H2,16,20,21). The summed E-state index contributed by atoms with van der Waals surface area (Å²) in [7, 11) is -8.08. The third kappa shape index (κ3) is 4.37. The molecule has 2 aromatic rings. The average molecular weight is 449 g/mol. The van der Waals surface area contributed by atoms with Crippen LogP contribution >= 0.6 is 15.9 Å². The molecular formula is C14H13BrN2O6S2. The van der Waals surface area contributed by atoms with E-state index in [0.29, 0.717) is 10.0 Å². The Morgan fingerprint density at radius 1 is 1.08 bits per heavy atom. The van der Waals surface area contributed by atoms with Crippen LogP contribution in [0.25, 0.3) is 0 Å². The third-order valence-electron chi connectivity index (χ3n) is 3.23. The van der Waals surface area contributed by atoms with Crippen molar-refractivity contribution in [1.82, 2.24) is 0 Å². The van der Waals surface area contributed by atoms with Gasteiger partial charge in [0, 0.05) is 4.47 Å². The molecule has 0 aromatic heterocycles. The highest BCUT2D eigenvalue weighted by molar-refractivity contribution is 9.10. The van der Waals surface area contributed by atoms with E-state index in [-0.39, 0.29) is 21.0 Å². The lowest BCUT2D eigenvalue weighted by molar-refractivity contribution is 0.0698. The number of hydrogen-bond donors (Lipinski definition) is 3. The fraction of sp³-hybridized carbons (Fsp3) is 0.0714. The summed E-state index contributed by atoms with van der Waals surface area (Å²) in [6, 6.07) is 7.08. The van der Waals surface area contributed by atoms with Gasteiger partial charge in [-0.25, -0.2) is 26.8 Å². The van der Waals surface area contributed by atoms with Crippen molar-refractivity contribution in [2.45, 2.75) is 16.7 Å². The highest BCUT2D eigenvalue weighted by Gasteiger charge is 2.21. The Labute approximate surface area is 152 Å². The van der Waals surface area contributed by atoms with E-state index in [1.807, 2.05) is 0 Å². The molecule has 25 heavy (non-hydrogen) atoms. The van der Waals surface area contributed by atoms with Gasteiger partial charge in [-0.1, -0.05) is 15.9 Å². The van der Waals surface area contributed by atoms with Crippen LogP contribution in [0.5, 0.6) is 0 Å². The number of rotatable bonds is 5. The van der Waals surface area contributed by atoms with Crippen LogP contribution in [0.15, 0.2) is 50.7 Å². The Morgan fingerprint density at radius 3 is 2.08 bits per heavy atom. The summed E-state index contributed by atoms with van der Waals surface area (Å²) in [6.45, 7) is 1.55. The molecule has 0 aliphatic rings. The number of carboxylic acids is 1. The monoisotopic (exact) mass is 448 g/mol. The SMILES string of the molecule is Cc1cc(Br)cc(C(=O)O)c1NS(=O)(=O)c1ccc(S(N)(=O)=O)cc1. The van der Waals surface area contributed by atoms with E-state index < -0.39 is 26.0 Å². The Hall–Kier alpha value is -1.95. The van der Waals surface area contributed by atoms with E-state index in [2.05, 4.69) is 20.7 Å². The molecule has 2 aromatic carbocycles. The number of sulfonamides is 2. The zero-order chi connectivity index (χ0) is 19.0. The minimum absolute atomic E-state index is 0.0776. The van der Waals surface area contributed by atoms with Gasteiger partial charge in [0.05, 0.1) is 21.0 Å². The molecule has 0 unspecified atom stereocenters. The van der Waals surface area contributed by atoms with Crippen LogP contribution in [-0.4, -0.2) is 27.9 Å². The first-order valence-electron chi connectivity index (χ1n) is 6.61. The second-order valence-electron chi connectivity index (χ2n) is 5.07. The zero-order valence-electron chi connectivity index (χ0n) is 12.7. The number of halogens is 1. The molecular weight excluding hydrogens is 436 g/mol. The summed E-state index contributed by atoms with van der Waals surface area (Å²) in [5, 5.41) is 14.2. The number of anilines is 1. The molecule has 0 heterocycles. The minimum Gasteiger partial charge on any atom is -0.478 e. The molecule has 0 fully saturated rings. The number of hydrogen-bond acceptors (Lipinski definition) is 5. The van der Waals surface area contributed by atoms with Crippen LogP contribution in [0.4, 0.5) is 5.69 Å². The quantitative estimate of drug-likeness (QED) is 0.636. The molecule has 0 saturated heterocycles. The van der Waals surface area contributed by atoms with Gasteiger partial charge in [-0.05, 0) is 48.9 Å². The van der Waals surface area contributed by atoms with E-state index in [1.165, 1.54) is 6.07 Å². The maximum Gasteiger partial charge on any atom is 0.337 e. The number of carbonyl (C=O) groups is 1. The topological polar surface area (TPSA) is 144 Å². The molecule has 0 atom stereocenters. The largest absolute Gasteiger partial charge is 0.478 e. The van der Waals surface area contributed by atoms with Gasteiger partial charge in [0.2, 0.25) is 10.0 Å². The van der Waals surface area contributed by atoms with Crippen molar-refractivity contribution >= 4 is 47.6 Å². The molecule has 11 heteroatoms. The van der Waals surface area contributed by atoms with Gasteiger partial charge in [0.15, 0.2) is 0 Å². The first kappa shape index (κ1) is 19.4. The summed E-state index contributed by atoms with van der Waals surface area (Å²) >= 11 is 3.16. The highest BCUT2D eigenvalue weighted by Crippen LogP contribution is 2.28. The molecule has 8 nitrogen and oxygen atoms in total. The Balaban J connectivity index is 2.48. The Kier molecular flexibility index (Phi) is 5.23. The molecule has 2 rings (SSSR count). The van der Waals surface area contributed by atoms with Gasteiger partial charge in [-0.2, -0.15) is 0 Å². The van der Waals surface area contributed by atoms with Crippen molar-refractivity contribution in [2.24, 2.45) is 5.14 Å². The van der Waals surface area contributed by atoms with Gasteiger partial charge in [-0.15, -0.1) is 0 Å². The predicted octanol–water partition coefficient (Wildman–Crippen LogP) is 1.90. The molecule has 0 amide bonds. The summed E-state index contributed by atoms with van der Waals surface area (Å²) in [5.41, 5.74) is 0.0966. The van der Waals surface area contributed by atoms with Crippen LogP contribution < -0.4 is 9.86 Å². The highest BCUT2D eigenvalue weighted by atomic mass is 79.9. The van der Waals surface area contributed by atoms with Crippen molar-refractivity contribution in [3.8, 4) is 0 Å². The maximum atomic E-state index is 12.5. The number of benzene rings is 2. The summed E-state index contributed by atoms with van der Waals surface area (Å²) < 4.78 is 50.1. The van der Waals surface area contributed by atoms with Crippen molar-refractivity contribution in [1.29, 1.82) is 0 Å². The van der Waals surface area contributed by atoms with Crippen molar-refractivity contribution in [3.05, 3.63) is 52.0 Å². The molecule has 0 spiro atoms. The van der Waals surface area contributed by atoms with E-state index in [0.717, 1.165) is 24.3 Å². The predicted molar refractivity (Wildman–Crippen MR) is 94.5 cm³/mol. The first-order valence-corrected chi connectivity index (χ1v) is 10.4. The number of aromatic carboxylic acids is 1. The number of primary sulfonamides is 1. The van der Waals surface area contributed by atoms with E-state index in [9.17, 15) is 26.7 Å². The molecule has 4 N–H and O–H groups in total. The third-order valence-corrected chi connectivity index (χ3v) is 5.98. The molecule has 134 valence electrons. The minimum atomic E-state index is -4.13. The van der Waals surface area contributed by atoms with E-state index in [4.69, 9.17) is 5.14 Å². The summed E-state index contributed by atoms with van der Waals surface area (Å²) in [4.78, 5) is 10.9. The van der Waals surface area contributed by atoms with Crippen LogP contribution in [0.3, 0.4) is 0 Å². The summed E-state index contributed by atoms with van der Waals surface area (Å²) in [6.07, 6.45) is 0. The number of carboxylic acid groups (broad SMARTS) is 1. The van der Waals surface area contributed by atoms with Crippen molar-refractivity contribution in [3.63, 3.8) is 0 Å². The Bertz CT molecular complexity index is 1050. The van der Waals surface area contributed by atoms with Crippen LogP contribution in [-0.2, 0) is 20.0 Å². The maximum absolute atomic E-state index is 12.5. The fourth-order valence-electron chi connectivity index (χ4n) is 2.05.